The van der Waals surface area contributed by atoms with Crippen LogP contribution in [-0.2, 0) is 23.8 Å². The van der Waals surface area contributed by atoms with Crippen LogP contribution in [0.4, 0.5) is 0 Å². The Balaban J connectivity index is 1.62. The molecule has 2 aliphatic heterocycles. The lowest BCUT2D eigenvalue weighted by Crippen LogP contribution is -2.73. The fourth-order valence-corrected chi connectivity index (χ4v) is 8.07. The molecule has 2 bridgehead atoms. The number of esters is 2. The molecule has 4 aliphatic rings. The highest BCUT2D eigenvalue weighted by molar-refractivity contribution is 5.74. The molecule has 0 radical (unpaired) electrons. The number of aliphatic hydroxyl groups is 1. The van der Waals surface area contributed by atoms with Crippen LogP contribution in [0.2, 0.25) is 0 Å². The molecule has 1 unspecified atom stereocenters. The lowest BCUT2D eigenvalue weighted by Gasteiger charge is -2.71. The van der Waals surface area contributed by atoms with E-state index in [1.54, 1.807) is 12.5 Å². The summed E-state index contributed by atoms with van der Waals surface area (Å²) >= 11 is 0. The molecule has 1 aromatic heterocycles. The molecule has 5 rings (SSSR count). The topological polar surface area (TPSA) is 95.2 Å². The zero-order valence-electron chi connectivity index (χ0n) is 20.8. The minimum atomic E-state index is -0.908. The first-order chi connectivity index (χ1) is 15.9. The van der Waals surface area contributed by atoms with Gasteiger partial charge in [-0.05, 0) is 41.7 Å². The highest BCUT2D eigenvalue weighted by atomic mass is 16.6. The summed E-state index contributed by atoms with van der Waals surface area (Å²) in [5, 5.41) is 11.2. The monoisotopic (exact) mass is 472 g/mol. The highest BCUT2D eigenvalue weighted by Crippen LogP contribution is 2.72. The Labute approximate surface area is 200 Å². The van der Waals surface area contributed by atoms with E-state index in [9.17, 15) is 14.7 Å². The number of hydrogen-bond acceptors (Lipinski definition) is 7. The zero-order valence-corrected chi connectivity index (χ0v) is 20.8. The summed E-state index contributed by atoms with van der Waals surface area (Å²) in [5.74, 6) is -0.752. The maximum absolute atomic E-state index is 13.0. The molecule has 0 aromatic carbocycles. The third kappa shape index (κ3) is 2.83. The number of cyclic esters (lactones) is 1. The molecule has 7 heteroatoms. The van der Waals surface area contributed by atoms with Gasteiger partial charge < -0.3 is 23.7 Å². The summed E-state index contributed by atoms with van der Waals surface area (Å²) in [4.78, 5) is 25.5. The Hall–Kier alpha value is -2.12. The molecule has 2 aliphatic carbocycles. The van der Waals surface area contributed by atoms with Crippen molar-refractivity contribution in [2.24, 2.45) is 28.1 Å². The highest BCUT2D eigenvalue weighted by Gasteiger charge is 2.73. The van der Waals surface area contributed by atoms with Gasteiger partial charge >= 0.3 is 11.9 Å². The van der Waals surface area contributed by atoms with E-state index in [4.69, 9.17) is 18.6 Å². The van der Waals surface area contributed by atoms with E-state index in [-0.39, 0.29) is 42.7 Å². The van der Waals surface area contributed by atoms with Gasteiger partial charge in [-0.2, -0.15) is 0 Å². The Morgan fingerprint density at radius 2 is 2.03 bits per heavy atom. The van der Waals surface area contributed by atoms with Crippen molar-refractivity contribution in [1.82, 2.24) is 0 Å². The molecule has 1 aromatic rings. The first kappa shape index (κ1) is 23.6. The molecule has 4 fully saturated rings. The van der Waals surface area contributed by atoms with Gasteiger partial charge in [0.05, 0.1) is 38.3 Å². The lowest BCUT2D eigenvalue weighted by molar-refractivity contribution is -0.314. The van der Waals surface area contributed by atoms with Crippen molar-refractivity contribution in [1.29, 1.82) is 0 Å². The van der Waals surface area contributed by atoms with E-state index in [1.807, 2.05) is 19.9 Å². The van der Waals surface area contributed by atoms with Gasteiger partial charge in [-0.15, -0.1) is 0 Å². The largest absolute Gasteiger partial charge is 0.472 e. The van der Waals surface area contributed by atoms with Crippen LogP contribution in [0.3, 0.4) is 0 Å². The van der Waals surface area contributed by atoms with Crippen molar-refractivity contribution in [3.05, 3.63) is 36.3 Å². The van der Waals surface area contributed by atoms with Crippen LogP contribution in [0.5, 0.6) is 0 Å². The molecule has 1 N–H and O–H groups in total. The van der Waals surface area contributed by atoms with E-state index in [0.29, 0.717) is 6.42 Å². The quantitative estimate of drug-likeness (QED) is 0.516. The zero-order chi connectivity index (χ0) is 24.7. The number of fused-ring (bicyclic) bond motifs is 3. The number of aliphatic hydroxyl groups excluding tert-OH is 1. The molecule has 2 saturated heterocycles. The van der Waals surface area contributed by atoms with Crippen molar-refractivity contribution < 1.29 is 33.3 Å². The molecule has 3 heterocycles. The first-order valence-electron chi connectivity index (χ1n) is 12.3. The molecule has 0 amide bonds. The second kappa shape index (κ2) is 7.44. The molecule has 2 saturated carbocycles. The van der Waals surface area contributed by atoms with Crippen LogP contribution in [0.25, 0.3) is 0 Å². The molecular weight excluding hydrogens is 436 g/mol. The average molecular weight is 473 g/mol. The van der Waals surface area contributed by atoms with Crippen LogP contribution in [0.15, 0.2) is 35.2 Å². The van der Waals surface area contributed by atoms with Crippen LogP contribution < -0.4 is 0 Å². The molecule has 186 valence electrons. The van der Waals surface area contributed by atoms with Gasteiger partial charge in [0.25, 0.3) is 0 Å². The third-order valence-electron chi connectivity index (χ3n) is 10.2. The van der Waals surface area contributed by atoms with Crippen LogP contribution in [0, 0.1) is 28.1 Å². The van der Waals surface area contributed by atoms with Gasteiger partial charge in [-0.3, -0.25) is 9.59 Å². The number of carbonyl (C=O) groups is 2. The molecular formula is C27H36O7. The Bertz CT molecular complexity index is 1010. The lowest BCUT2D eigenvalue weighted by atomic mass is 9.41. The van der Waals surface area contributed by atoms with Crippen LogP contribution in [0.1, 0.15) is 71.5 Å². The second-order valence-corrected chi connectivity index (χ2v) is 11.8. The van der Waals surface area contributed by atoms with Gasteiger partial charge in [0.15, 0.2) is 0 Å². The molecule has 7 nitrogen and oxygen atoms in total. The minimum Gasteiger partial charge on any atom is -0.472 e. The Morgan fingerprint density at radius 3 is 2.68 bits per heavy atom. The Kier molecular flexibility index (Phi) is 5.17. The van der Waals surface area contributed by atoms with Gasteiger partial charge in [0.2, 0.25) is 0 Å². The minimum absolute atomic E-state index is 0.0386. The summed E-state index contributed by atoms with van der Waals surface area (Å²) in [6, 6.07) is 1.84. The van der Waals surface area contributed by atoms with E-state index >= 15 is 0 Å². The number of ether oxygens (including phenoxy) is 3. The molecule has 34 heavy (non-hydrogen) atoms. The predicted molar refractivity (Wildman–Crippen MR) is 122 cm³/mol. The SMILES string of the molecule is C=C1C2CC[C@@]3(C)[C@H](c4ccoc4)OC(=O)C[C@]13O[C@H]1C[C@H](O)C(C)(C)[C@H](CC(=O)OC)[C@@]21C. The number of carbonyl (C=O) groups excluding carboxylic acids is 2. The normalized spacial score (nSPS) is 45.1. The van der Waals surface area contributed by atoms with E-state index in [0.717, 1.165) is 24.0 Å². The summed E-state index contributed by atoms with van der Waals surface area (Å²) in [5.41, 5.74) is -0.672. The summed E-state index contributed by atoms with van der Waals surface area (Å²) in [6.07, 6.45) is 4.06. The van der Waals surface area contributed by atoms with E-state index in [2.05, 4.69) is 20.4 Å². The predicted octanol–water partition coefficient (Wildman–Crippen LogP) is 4.35. The maximum atomic E-state index is 13.0. The Morgan fingerprint density at radius 1 is 1.29 bits per heavy atom. The van der Waals surface area contributed by atoms with E-state index in [1.165, 1.54) is 7.11 Å². The smallest absolute Gasteiger partial charge is 0.309 e. The van der Waals surface area contributed by atoms with Crippen molar-refractivity contribution in [2.45, 2.75) is 83.7 Å². The van der Waals surface area contributed by atoms with Gasteiger partial charge in [0.1, 0.15) is 11.7 Å². The average Bonchev–Trinajstić information content (AvgIpc) is 3.30. The number of methoxy groups -OCH3 is 1. The first-order valence-corrected chi connectivity index (χ1v) is 12.3. The fraction of sp³-hybridized carbons (Fsp3) is 0.704. The summed E-state index contributed by atoms with van der Waals surface area (Å²) in [6.45, 7) is 12.9. The van der Waals surface area contributed by atoms with E-state index < -0.39 is 34.1 Å². The van der Waals surface area contributed by atoms with Crippen LogP contribution >= 0.6 is 0 Å². The summed E-state index contributed by atoms with van der Waals surface area (Å²) in [7, 11) is 1.40. The number of hydrogen-bond donors (Lipinski definition) is 1. The fourth-order valence-electron chi connectivity index (χ4n) is 8.07. The third-order valence-corrected chi connectivity index (χ3v) is 10.2. The van der Waals surface area contributed by atoms with Gasteiger partial charge in [-0.25, -0.2) is 0 Å². The van der Waals surface area contributed by atoms with Crippen LogP contribution in [-0.4, -0.2) is 42.0 Å². The number of rotatable bonds is 3. The van der Waals surface area contributed by atoms with Crippen molar-refractivity contribution >= 4 is 11.9 Å². The number of furan rings is 1. The van der Waals surface area contributed by atoms with Crippen molar-refractivity contribution in [3.8, 4) is 0 Å². The van der Waals surface area contributed by atoms with Crippen molar-refractivity contribution in [2.75, 3.05) is 7.11 Å². The van der Waals surface area contributed by atoms with Gasteiger partial charge in [-0.1, -0.05) is 34.3 Å². The van der Waals surface area contributed by atoms with Crippen molar-refractivity contribution in [3.63, 3.8) is 0 Å². The molecule has 8 atom stereocenters. The van der Waals surface area contributed by atoms with Gasteiger partial charge in [0, 0.05) is 29.2 Å². The summed E-state index contributed by atoms with van der Waals surface area (Å²) < 4.78 is 23.3. The second-order valence-electron chi connectivity index (χ2n) is 11.8. The standard InChI is InChI=1S/C27H36O7/c1-15-17-7-9-25(4)23(16-8-10-32-14-16)33-22(30)13-27(15,25)34-20-12-19(28)24(2,3)18(26(17,20)5)11-21(29)31-6/h8,10,14,17-20,23,28H,1,7,9,11-13H2,2-6H3/t17?,18-,19-,20-,23-,25-,26+,27-/m0/s1. The maximum Gasteiger partial charge on any atom is 0.309 e. The molecule has 1 spiro atoms.